The van der Waals surface area contributed by atoms with Gasteiger partial charge in [0, 0.05) is 0 Å². The van der Waals surface area contributed by atoms with E-state index >= 15 is 0 Å². The molecule has 0 bridgehead atoms. The molecule has 0 spiro atoms. The van der Waals surface area contributed by atoms with Gasteiger partial charge in [-0.2, -0.15) is 0 Å². The molecule has 0 radical (unpaired) electrons. The van der Waals surface area contributed by atoms with Gasteiger partial charge in [0.05, 0.1) is 0 Å². The average molecular weight is 535 g/mol. The molecule has 0 aliphatic heterocycles. The summed E-state index contributed by atoms with van der Waals surface area (Å²) in [4.78, 5) is 0. The summed E-state index contributed by atoms with van der Waals surface area (Å²) in [5.74, 6) is 0. The van der Waals surface area contributed by atoms with Gasteiger partial charge in [-0.25, -0.2) is 0 Å². The summed E-state index contributed by atoms with van der Waals surface area (Å²) in [6.07, 6.45) is 0. The fourth-order valence-corrected chi connectivity index (χ4v) is 6.69. The Balaban J connectivity index is 1.56. The third-order valence-electron chi connectivity index (χ3n) is 8.92. The molecule has 0 aromatic heterocycles. The second-order valence-corrected chi connectivity index (χ2v) is 11.5. The number of benzene rings is 8. The number of rotatable bonds is 3. The maximum Gasteiger partial charge on any atom is -0.00198 e. The number of hydrogen-bond acceptors (Lipinski definition) is 0. The fraction of sp³-hybridized carbons (Fsp3) is 0.0476. The Morgan fingerprint density at radius 2 is 0.810 bits per heavy atom. The Morgan fingerprint density at radius 1 is 0.310 bits per heavy atom. The van der Waals surface area contributed by atoms with E-state index in [9.17, 15) is 0 Å². The van der Waals surface area contributed by atoms with E-state index in [1.54, 1.807) is 0 Å². The van der Waals surface area contributed by atoms with Crippen LogP contribution in [-0.4, -0.2) is 0 Å². The Labute approximate surface area is 246 Å². The molecule has 198 valence electrons. The van der Waals surface area contributed by atoms with Gasteiger partial charge in [-0.3, -0.25) is 0 Å². The molecule has 8 aromatic carbocycles. The van der Waals surface area contributed by atoms with Gasteiger partial charge in [-0.15, -0.1) is 0 Å². The van der Waals surface area contributed by atoms with Crippen LogP contribution >= 0.6 is 0 Å². The molecule has 0 saturated carbocycles. The molecule has 8 rings (SSSR count). The molecular weight excluding hydrogens is 504 g/mol. The van der Waals surface area contributed by atoms with Gasteiger partial charge < -0.3 is 0 Å². The molecule has 0 aliphatic carbocycles. The van der Waals surface area contributed by atoms with Gasteiger partial charge in [-0.1, -0.05) is 127 Å². The first-order valence-electron chi connectivity index (χ1n) is 14.7. The third kappa shape index (κ3) is 3.91. The van der Waals surface area contributed by atoms with Crippen LogP contribution in [0.1, 0.15) is 11.1 Å². The molecule has 42 heavy (non-hydrogen) atoms. The van der Waals surface area contributed by atoms with E-state index in [-0.39, 0.29) is 0 Å². The normalized spacial score (nSPS) is 11.6. The molecule has 0 heterocycles. The first-order valence-corrected chi connectivity index (χ1v) is 14.7. The second-order valence-electron chi connectivity index (χ2n) is 11.5. The van der Waals surface area contributed by atoms with Gasteiger partial charge in [0.2, 0.25) is 0 Å². The van der Waals surface area contributed by atoms with Crippen molar-refractivity contribution in [2.45, 2.75) is 13.8 Å². The number of fused-ring (bicyclic) bond motifs is 4. The zero-order chi connectivity index (χ0) is 28.2. The molecule has 0 saturated heterocycles. The molecule has 0 atom stereocenters. The van der Waals surface area contributed by atoms with Gasteiger partial charge in [-0.05, 0) is 120 Å². The first kappa shape index (κ1) is 24.6. The van der Waals surface area contributed by atoms with Crippen LogP contribution in [0.2, 0.25) is 0 Å². The predicted molar refractivity (Wildman–Crippen MR) is 182 cm³/mol. The lowest BCUT2D eigenvalue weighted by molar-refractivity contribution is 1.37. The Hall–Kier alpha value is -5.20. The summed E-state index contributed by atoms with van der Waals surface area (Å²) >= 11 is 0. The van der Waals surface area contributed by atoms with Crippen LogP contribution in [-0.2, 0) is 0 Å². The van der Waals surface area contributed by atoms with Crippen molar-refractivity contribution in [3.63, 3.8) is 0 Å². The zero-order valence-corrected chi connectivity index (χ0v) is 23.9. The molecule has 0 fully saturated rings. The summed E-state index contributed by atoms with van der Waals surface area (Å²) in [5, 5.41) is 10.2. The highest BCUT2D eigenvalue weighted by Crippen LogP contribution is 2.47. The molecule has 8 aromatic rings. The van der Waals surface area contributed by atoms with E-state index < -0.39 is 0 Å². The molecule has 0 unspecified atom stereocenters. The maximum absolute atomic E-state index is 2.42. The molecular formula is C42H30. The first-order chi connectivity index (χ1) is 20.7. The van der Waals surface area contributed by atoms with Crippen molar-refractivity contribution in [3.8, 4) is 33.4 Å². The summed E-state index contributed by atoms with van der Waals surface area (Å²) in [7, 11) is 0. The Morgan fingerprint density at radius 3 is 1.48 bits per heavy atom. The average Bonchev–Trinajstić information content (AvgIpc) is 3.04. The van der Waals surface area contributed by atoms with E-state index in [0.717, 1.165) is 0 Å². The highest BCUT2D eigenvalue weighted by atomic mass is 14.2. The number of aryl methyl sites for hydroxylation is 2. The maximum atomic E-state index is 2.42. The molecule has 0 heteroatoms. The van der Waals surface area contributed by atoms with Crippen LogP contribution in [0.15, 0.2) is 146 Å². The third-order valence-corrected chi connectivity index (χ3v) is 8.92. The van der Waals surface area contributed by atoms with Gasteiger partial charge in [0.25, 0.3) is 0 Å². The van der Waals surface area contributed by atoms with Gasteiger partial charge in [0.1, 0.15) is 0 Å². The second kappa shape index (κ2) is 9.72. The van der Waals surface area contributed by atoms with E-state index in [1.807, 2.05) is 0 Å². The quantitative estimate of drug-likeness (QED) is 0.198. The van der Waals surface area contributed by atoms with E-state index in [4.69, 9.17) is 0 Å². The fourth-order valence-electron chi connectivity index (χ4n) is 6.69. The van der Waals surface area contributed by atoms with Crippen LogP contribution in [0.25, 0.3) is 76.5 Å². The largest absolute Gasteiger partial charge is 0.0622 e. The van der Waals surface area contributed by atoms with E-state index in [2.05, 4.69) is 159 Å². The summed E-state index contributed by atoms with van der Waals surface area (Å²) in [6, 6.07) is 53.7. The zero-order valence-electron chi connectivity index (χ0n) is 23.9. The highest BCUT2D eigenvalue weighted by molar-refractivity contribution is 6.23. The minimum atomic E-state index is 1.23. The minimum absolute atomic E-state index is 1.23. The van der Waals surface area contributed by atoms with Crippen LogP contribution < -0.4 is 0 Å². The van der Waals surface area contributed by atoms with Crippen LogP contribution in [0.4, 0.5) is 0 Å². The van der Waals surface area contributed by atoms with Crippen molar-refractivity contribution in [2.24, 2.45) is 0 Å². The molecule has 0 amide bonds. The monoisotopic (exact) mass is 534 g/mol. The lowest BCUT2D eigenvalue weighted by Gasteiger charge is -2.21. The van der Waals surface area contributed by atoms with Crippen LogP contribution in [0.5, 0.6) is 0 Å². The van der Waals surface area contributed by atoms with Gasteiger partial charge in [0.15, 0.2) is 0 Å². The van der Waals surface area contributed by atoms with Gasteiger partial charge >= 0.3 is 0 Å². The lowest BCUT2D eigenvalue weighted by Crippen LogP contribution is -1.95. The predicted octanol–water partition coefficient (Wildman–Crippen LogP) is 11.9. The summed E-state index contributed by atoms with van der Waals surface area (Å²) in [6.45, 7) is 4.47. The van der Waals surface area contributed by atoms with Crippen molar-refractivity contribution in [1.82, 2.24) is 0 Å². The standard InChI is InChI=1S/C42H30/c1-27-22-38-39(23-28(27)2)42(40-26-33-17-9-8-16-32(33)25-37(40)30-13-4-3-5-14-30)36-19-11-10-18-35(36)41(38)34-21-20-29-12-6-7-15-31(29)24-34/h3-26H,1-2H3. The minimum Gasteiger partial charge on any atom is -0.0622 e. The lowest BCUT2D eigenvalue weighted by atomic mass is 9.82. The molecule has 0 aliphatic rings. The van der Waals surface area contributed by atoms with Crippen LogP contribution in [0.3, 0.4) is 0 Å². The van der Waals surface area contributed by atoms with Crippen LogP contribution in [0, 0.1) is 13.8 Å². The summed E-state index contributed by atoms with van der Waals surface area (Å²) in [5.41, 5.74) is 10.3. The molecule has 0 N–H and O–H groups in total. The van der Waals surface area contributed by atoms with E-state index in [0.29, 0.717) is 0 Å². The topological polar surface area (TPSA) is 0 Å². The van der Waals surface area contributed by atoms with E-state index in [1.165, 1.54) is 87.6 Å². The van der Waals surface area contributed by atoms with Crippen molar-refractivity contribution >= 4 is 43.1 Å². The number of hydrogen-bond donors (Lipinski definition) is 0. The highest BCUT2D eigenvalue weighted by Gasteiger charge is 2.20. The molecule has 0 nitrogen and oxygen atoms in total. The van der Waals surface area contributed by atoms with Crippen molar-refractivity contribution < 1.29 is 0 Å². The Bertz CT molecular complexity index is 2300. The summed E-state index contributed by atoms with van der Waals surface area (Å²) < 4.78 is 0. The van der Waals surface area contributed by atoms with Crippen molar-refractivity contribution in [2.75, 3.05) is 0 Å². The van der Waals surface area contributed by atoms with Crippen molar-refractivity contribution in [1.29, 1.82) is 0 Å². The SMILES string of the molecule is Cc1cc2c(-c3ccc4ccccc4c3)c3ccccc3c(-c3cc4ccccc4cc3-c3ccccc3)c2cc1C. The Kier molecular flexibility index (Phi) is 5.69. The smallest absolute Gasteiger partial charge is 0.00198 e. The van der Waals surface area contributed by atoms with Crippen molar-refractivity contribution in [3.05, 3.63) is 157 Å².